The van der Waals surface area contributed by atoms with Gasteiger partial charge in [0.05, 0.1) is 6.04 Å². The smallest absolute Gasteiger partial charge is 0.245 e. The number of aromatic nitrogens is 1. The van der Waals surface area contributed by atoms with Gasteiger partial charge in [0, 0.05) is 6.20 Å². The molecule has 1 unspecified atom stereocenters. The van der Waals surface area contributed by atoms with Crippen molar-refractivity contribution in [1.29, 1.82) is 0 Å². The third-order valence-electron chi connectivity index (χ3n) is 2.17. The summed E-state index contributed by atoms with van der Waals surface area (Å²) in [5.74, 6) is 2.36. The molecule has 0 saturated carbocycles. The topological polar surface area (TPSA) is 85.1 Å². The summed E-state index contributed by atoms with van der Waals surface area (Å²) in [5.41, 5.74) is 5.52. The first kappa shape index (κ1) is 13.5. The molecule has 0 aliphatic rings. The number of pyridine rings is 1. The number of terminal acetylenes is 1. The van der Waals surface area contributed by atoms with Crippen molar-refractivity contribution < 1.29 is 8.42 Å². The van der Waals surface area contributed by atoms with Gasteiger partial charge >= 0.3 is 0 Å². The molecule has 1 aromatic heterocycles. The Kier molecular flexibility index (Phi) is 4.49. The number of hydrogen-bond acceptors (Lipinski definition) is 4. The Bertz CT molecular complexity index is 520. The lowest BCUT2D eigenvalue weighted by Gasteiger charge is -2.13. The van der Waals surface area contributed by atoms with E-state index in [1.165, 1.54) is 18.3 Å². The second kappa shape index (κ2) is 5.66. The highest BCUT2D eigenvalue weighted by Crippen LogP contribution is 2.15. The van der Waals surface area contributed by atoms with E-state index in [9.17, 15) is 8.42 Å². The lowest BCUT2D eigenvalue weighted by molar-refractivity contribution is 0.564. The van der Waals surface area contributed by atoms with Crippen LogP contribution < -0.4 is 10.5 Å². The van der Waals surface area contributed by atoms with E-state index in [2.05, 4.69) is 15.6 Å². The molecule has 92 valence electrons. The number of anilines is 1. The second-order valence-corrected chi connectivity index (χ2v) is 5.20. The Morgan fingerprint density at radius 1 is 1.65 bits per heavy atom. The van der Waals surface area contributed by atoms with Crippen LogP contribution in [0.4, 0.5) is 5.82 Å². The molecule has 0 radical (unpaired) electrons. The van der Waals surface area contributed by atoms with Crippen molar-refractivity contribution in [3.05, 3.63) is 18.3 Å². The number of rotatable bonds is 5. The lowest BCUT2D eigenvalue weighted by Crippen LogP contribution is -2.34. The van der Waals surface area contributed by atoms with Crippen LogP contribution in [0.3, 0.4) is 0 Å². The Hall–Kier alpha value is -1.58. The number of hydrogen-bond donors (Lipinski definition) is 2. The number of sulfonamides is 1. The summed E-state index contributed by atoms with van der Waals surface area (Å²) in [6.07, 6.45) is 8.06. The minimum Gasteiger partial charge on any atom is -0.383 e. The third-order valence-corrected chi connectivity index (χ3v) is 3.68. The van der Waals surface area contributed by atoms with Gasteiger partial charge in [-0.2, -0.15) is 4.72 Å². The van der Waals surface area contributed by atoms with E-state index in [1.54, 1.807) is 0 Å². The molecule has 0 fully saturated rings. The predicted molar refractivity (Wildman–Crippen MR) is 66.5 cm³/mol. The van der Waals surface area contributed by atoms with Crippen LogP contribution in [0.5, 0.6) is 0 Å². The van der Waals surface area contributed by atoms with E-state index in [0.717, 1.165) is 6.42 Å². The van der Waals surface area contributed by atoms with Gasteiger partial charge < -0.3 is 5.73 Å². The van der Waals surface area contributed by atoms with Crippen LogP contribution in [-0.4, -0.2) is 19.4 Å². The SMILES string of the molecule is C#CC(CCC)NS(=O)(=O)c1cccnc1N. The molecule has 1 rings (SSSR count). The minimum absolute atomic E-state index is 0.0349. The Morgan fingerprint density at radius 2 is 2.35 bits per heavy atom. The number of nitrogens with zero attached hydrogens (tertiary/aromatic N) is 1. The first-order chi connectivity index (χ1) is 8.01. The van der Waals surface area contributed by atoms with Crippen LogP contribution in [0.15, 0.2) is 23.2 Å². The molecule has 0 saturated heterocycles. The van der Waals surface area contributed by atoms with E-state index in [0.29, 0.717) is 6.42 Å². The highest BCUT2D eigenvalue weighted by Gasteiger charge is 2.20. The Labute approximate surface area is 101 Å². The quantitative estimate of drug-likeness (QED) is 0.758. The Morgan fingerprint density at radius 3 is 2.88 bits per heavy atom. The zero-order chi connectivity index (χ0) is 12.9. The molecule has 1 atom stereocenters. The van der Waals surface area contributed by atoms with Crippen molar-refractivity contribution in [1.82, 2.24) is 9.71 Å². The normalized spacial score (nSPS) is 12.9. The Balaban J connectivity index is 2.98. The zero-order valence-corrected chi connectivity index (χ0v) is 10.4. The van der Waals surface area contributed by atoms with E-state index in [-0.39, 0.29) is 10.7 Å². The van der Waals surface area contributed by atoms with Crippen molar-refractivity contribution >= 4 is 15.8 Å². The third kappa shape index (κ3) is 3.44. The van der Waals surface area contributed by atoms with Gasteiger partial charge in [0.1, 0.15) is 10.7 Å². The molecule has 17 heavy (non-hydrogen) atoms. The maximum Gasteiger partial charge on any atom is 0.245 e. The summed E-state index contributed by atoms with van der Waals surface area (Å²) in [6.45, 7) is 1.93. The summed E-state index contributed by atoms with van der Waals surface area (Å²) >= 11 is 0. The van der Waals surface area contributed by atoms with Gasteiger partial charge in [-0.3, -0.25) is 0 Å². The molecule has 1 heterocycles. The summed E-state index contributed by atoms with van der Waals surface area (Å²) in [4.78, 5) is 3.69. The van der Waals surface area contributed by atoms with Gasteiger partial charge in [-0.1, -0.05) is 19.3 Å². The van der Waals surface area contributed by atoms with Crippen LogP contribution >= 0.6 is 0 Å². The number of nitrogen functional groups attached to an aromatic ring is 1. The van der Waals surface area contributed by atoms with Crippen LogP contribution in [0.25, 0.3) is 0 Å². The average Bonchev–Trinajstić information content (AvgIpc) is 2.28. The lowest BCUT2D eigenvalue weighted by atomic mass is 10.2. The predicted octanol–water partition coefficient (Wildman–Crippen LogP) is 0.744. The van der Waals surface area contributed by atoms with Crippen molar-refractivity contribution in [2.24, 2.45) is 0 Å². The van der Waals surface area contributed by atoms with Gasteiger partial charge in [-0.05, 0) is 18.6 Å². The zero-order valence-electron chi connectivity index (χ0n) is 9.55. The fraction of sp³-hybridized carbons (Fsp3) is 0.364. The summed E-state index contributed by atoms with van der Waals surface area (Å²) < 4.78 is 26.4. The molecular formula is C11H15N3O2S. The minimum atomic E-state index is -3.70. The molecule has 0 aliphatic carbocycles. The van der Waals surface area contributed by atoms with Gasteiger partial charge in [0.15, 0.2) is 0 Å². The highest BCUT2D eigenvalue weighted by molar-refractivity contribution is 7.89. The van der Waals surface area contributed by atoms with Crippen LogP contribution in [-0.2, 0) is 10.0 Å². The van der Waals surface area contributed by atoms with Crippen molar-refractivity contribution in [3.8, 4) is 12.3 Å². The van der Waals surface area contributed by atoms with Gasteiger partial charge in [0.2, 0.25) is 10.0 Å². The molecular weight excluding hydrogens is 238 g/mol. The largest absolute Gasteiger partial charge is 0.383 e. The molecule has 0 spiro atoms. The molecule has 0 aromatic carbocycles. The molecule has 3 N–H and O–H groups in total. The van der Waals surface area contributed by atoms with Crippen LogP contribution in [0.1, 0.15) is 19.8 Å². The van der Waals surface area contributed by atoms with Gasteiger partial charge in [-0.25, -0.2) is 13.4 Å². The average molecular weight is 253 g/mol. The summed E-state index contributed by atoms with van der Waals surface area (Å²) in [5, 5.41) is 0. The number of nitrogens with two attached hydrogens (primary N) is 1. The number of nitrogens with one attached hydrogen (secondary N) is 1. The van der Waals surface area contributed by atoms with E-state index < -0.39 is 16.1 Å². The van der Waals surface area contributed by atoms with Gasteiger partial charge in [-0.15, -0.1) is 6.42 Å². The van der Waals surface area contributed by atoms with Crippen molar-refractivity contribution in [2.45, 2.75) is 30.7 Å². The summed E-state index contributed by atoms with van der Waals surface area (Å²) in [6, 6.07) is 2.38. The van der Waals surface area contributed by atoms with Crippen molar-refractivity contribution in [2.75, 3.05) is 5.73 Å². The molecule has 0 aliphatic heterocycles. The highest BCUT2D eigenvalue weighted by atomic mass is 32.2. The first-order valence-corrected chi connectivity index (χ1v) is 6.68. The fourth-order valence-electron chi connectivity index (χ4n) is 1.35. The van der Waals surface area contributed by atoms with Gasteiger partial charge in [0.25, 0.3) is 0 Å². The maximum atomic E-state index is 12.0. The molecule has 0 amide bonds. The van der Waals surface area contributed by atoms with Crippen LogP contribution in [0, 0.1) is 12.3 Å². The van der Waals surface area contributed by atoms with E-state index >= 15 is 0 Å². The van der Waals surface area contributed by atoms with Crippen molar-refractivity contribution in [3.63, 3.8) is 0 Å². The molecule has 0 bridgehead atoms. The molecule has 6 heteroatoms. The second-order valence-electron chi connectivity index (χ2n) is 3.52. The monoisotopic (exact) mass is 253 g/mol. The maximum absolute atomic E-state index is 12.0. The fourth-order valence-corrected chi connectivity index (χ4v) is 2.62. The van der Waals surface area contributed by atoms with E-state index in [1.807, 2.05) is 6.92 Å². The molecule has 5 nitrogen and oxygen atoms in total. The summed E-state index contributed by atoms with van der Waals surface area (Å²) in [7, 11) is -3.70. The molecule has 1 aromatic rings. The first-order valence-electron chi connectivity index (χ1n) is 5.20. The van der Waals surface area contributed by atoms with E-state index in [4.69, 9.17) is 12.2 Å². The van der Waals surface area contributed by atoms with Crippen LogP contribution in [0.2, 0.25) is 0 Å². The standard InChI is InChI=1S/C11H15N3O2S/c1-3-6-9(4-2)14-17(15,16)10-7-5-8-13-11(10)12/h2,5,7-9,14H,3,6H2,1H3,(H2,12,13).